The molecule has 3 rings (SSSR count). The Balaban J connectivity index is 1.48. The van der Waals surface area contributed by atoms with E-state index in [2.05, 4.69) is 14.8 Å². The highest BCUT2D eigenvalue weighted by Gasteiger charge is 2.28. The number of hydrogen-bond acceptors (Lipinski definition) is 7. The molecule has 0 bridgehead atoms. The zero-order valence-corrected chi connectivity index (χ0v) is 15.3. The molecular weight excluding hydrogens is 364 g/mol. The summed E-state index contributed by atoms with van der Waals surface area (Å²) < 4.78 is 5.45. The van der Waals surface area contributed by atoms with Crippen LogP contribution in [-0.4, -0.2) is 59.8 Å². The van der Waals surface area contributed by atoms with E-state index in [1.165, 1.54) is 5.69 Å². The monoisotopic (exact) mass is 386 g/mol. The van der Waals surface area contributed by atoms with Crippen LogP contribution in [-0.2, 0) is 4.79 Å². The predicted molar refractivity (Wildman–Crippen MR) is 104 cm³/mol. The number of carbonyl (C=O) groups is 1. The SMILES string of the molecule is O=C(O)C(CCOc1ccc(N2CCN(c3ccncc3)CC2)cc1)[N+](=O)[O-]. The van der Waals surface area contributed by atoms with Gasteiger partial charge in [0.2, 0.25) is 0 Å². The first-order chi connectivity index (χ1) is 13.5. The number of ether oxygens (including phenoxy) is 1. The van der Waals surface area contributed by atoms with E-state index in [-0.39, 0.29) is 13.0 Å². The second kappa shape index (κ2) is 9.03. The number of carboxylic acid groups (broad SMARTS) is 1. The van der Waals surface area contributed by atoms with Gasteiger partial charge in [0.1, 0.15) is 5.75 Å². The van der Waals surface area contributed by atoms with Crippen LogP contribution in [0.15, 0.2) is 48.8 Å². The largest absolute Gasteiger partial charge is 0.493 e. The van der Waals surface area contributed by atoms with E-state index in [4.69, 9.17) is 9.84 Å². The molecule has 1 aromatic heterocycles. The molecule has 1 atom stereocenters. The van der Waals surface area contributed by atoms with Gasteiger partial charge in [-0.2, -0.15) is 0 Å². The van der Waals surface area contributed by atoms with E-state index in [1.807, 2.05) is 24.3 Å². The maximum absolute atomic E-state index is 10.8. The Labute approximate surface area is 162 Å². The Kier molecular flexibility index (Phi) is 6.25. The molecule has 2 heterocycles. The molecular formula is C19H22N4O5. The molecule has 0 radical (unpaired) electrons. The van der Waals surface area contributed by atoms with Gasteiger partial charge < -0.3 is 19.6 Å². The van der Waals surface area contributed by atoms with Crippen molar-refractivity contribution in [2.45, 2.75) is 12.5 Å². The summed E-state index contributed by atoms with van der Waals surface area (Å²) >= 11 is 0. The van der Waals surface area contributed by atoms with Gasteiger partial charge in [0.15, 0.2) is 0 Å². The van der Waals surface area contributed by atoms with Gasteiger partial charge >= 0.3 is 12.0 Å². The maximum atomic E-state index is 10.8. The fourth-order valence-electron chi connectivity index (χ4n) is 3.14. The number of piperazine rings is 1. The van der Waals surface area contributed by atoms with Crippen molar-refractivity contribution in [2.75, 3.05) is 42.6 Å². The minimum Gasteiger partial charge on any atom is -0.493 e. The van der Waals surface area contributed by atoms with E-state index >= 15 is 0 Å². The van der Waals surface area contributed by atoms with Crippen LogP contribution in [0, 0.1) is 10.1 Å². The first kappa shape index (κ1) is 19.4. The molecule has 1 saturated heterocycles. The number of benzene rings is 1. The second-order valence-electron chi connectivity index (χ2n) is 6.45. The van der Waals surface area contributed by atoms with Gasteiger partial charge in [-0.3, -0.25) is 15.1 Å². The maximum Gasteiger partial charge on any atom is 0.379 e. The lowest BCUT2D eigenvalue weighted by Crippen LogP contribution is -2.46. The minimum absolute atomic E-state index is 0.0259. The number of nitro groups is 1. The number of anilines is 2. The molecule has 148 valence electrons. The van der Waals surface area contributed by atoms with Crippen LogP contribution in [0.5, 0.6) is 5.75 Å². The normalized spacial score (nSPS) is 15.1. The lowest BCUT2D eigenvalue weighted by Gasteiger charge is -2.37. The third kappa shape index (κ3) is 4.87. The average molecular weight is 386 g/mol. The van der Waals surface area contributed by atoms with Gasteiger partial charge in [0.05, 0.1) is 13.0 Å². The van der Waals surface area contributed by atoms with Crippen molar-refractivity contribution >= 4 is 17.3 Å². The van der Waals surface area contributed by atoms with Crippen LogP contribution >= 0.6 is 0 Å². The summed E-state index contributed by atoms with van der Waals surface area (Å²) in [6, 6.07) is 9.86. The standard InChI is InChI=1S/C19H22N4O5/c24-19(25)18(23(26)27)7-14-28-17-3-1-15(2-4-17)21-10-12-22(13-11-21)16-5-8-20-9-6-16/h1-6,8-9,18H,7,10-14H2,(H,24,25). The van der Waals surface area contributed by atoms with E-state index in [0.29, 0.717) is 5.75 Å². The number of aromatic nitrogens is 1. The summed E-state index contributed by atoms with van der Waals surface area (Å²) in [5.74, 6) is -0.887. The molecule has 1 aliphatic rings. The van der Waals surface area contributed by atoms with Crippen LogP contribution in [0.3, 0.4) is 0 Å². The van der Waals surface area contributed by atoms with Crippen molar-refractivity contribution in [3.05, 3.63) is 58.9 Å². The molecule has 9 heteroatoms. The van der Waals surface area contributed by atoms with Crippen molar-refractivity contribution in [1.29, 1.82) is 0 Å². The predicted octanol–water partition coefficient (Wildman–Crippen LogP) is 1.91. The molecule has 0 spiro atoms. The van der Waals surface area contributed by atoms with Crippen molar-refractivity contribution in [1.82, 2.24) is 4.98 Å². The van der Waals surface area contributed by atoms with Gasteiger partial charge in [-0.1, -0.05) is 0 Å². The summed E-state index contributed by atoms with van der Waals surface area (Å²) in [7, 11) is 0. The van der Waals surface area contributed by atoms with Crippen molar-refractivity contribution in [3.63, 3.8) is 0 Å². The van der Waals surface area contributed by atoms with Crippen molar-refractivity contribution in [3.8, 4) is 5.75 Å². The van der Waals surface area contributed by atoms with E-state index in [9.17, 15) is 14.9 Å². The third-order valence-corrected chi connectivity index (χ3v) is 4.71. The van der Waals surface area contributed by atoms with E-state index in [1.54, 1.807) is 24.5 Å². The molecule has 2 aromatic rings. The number of nitrogens with zero attached hydrogens (tertiary/aromatic N) is 4. The molecule has 1 aliphatic heterocycles. The first-order valence-corrected chi connectivity index (χ1v) is 9.03. The Bertz CT molecular complexity index is 778. The Hall–Kier alpha value is -3.36. The zero-order valence-electron chi connectivity index (χ0n) is 15.3. The third-order valence-electron chi connectivity index (χ3n) is 4.71. The van der Waals surface area contributed by atoms with Crippen LogP contribution in [0.25, 0.3) is 0 Å². The van der Waals surface area contributed by atoms with Crippen LogP contribution in [0.1, 0.15) is 6.42 Å². The van der Waals surface area contributed by atoms with Gasteiger partial charge in [0.25, 0.3) is 0 Å². The molecule has 1 N–H and O–H groups in total. The fraction of sp³-hybridized carbons (Fsp3) is 0.368. The highest BCUT2D eigenvalue weighted by molar-refractivity contribution is 5.71. The number of rotatable bonds is 8. The molecule has 9 nitrogen and oxygen atoms in total. The number of hydrogen-bond donors (Lipinski definition) is 1. The number of pyridine rings is 1. The number of carboxylic acids is 1. The van der Waals surface area contributed by atoms with Crippen LogP contribution in [0.2, 0.25) is 0 Å². The van der Waals surface area contributed by atoms with Gasteiger partial charge in [0, 0.05) is 54.9 Å². The highest BCUT2D eigenvalue weighted by Crippen LogP contribution is 2.22. The molecule has 0 aliphatic carbocycles. The minimum atomic E-state index is -1.64. The van der Waals surface area contributed by atoms with Gasteiger partial charge in [-0.25, -0.2) is 4.79 Å². The van der Waals surface area contributed by atoms with Crippen LogP contribution < -0.4 is 14.5 Å². The van der Waals surface area contributed by atoms with Crippen molar-refractivity contribution < 1.29 is 19.6 Å². The average Bonchev–Trinajstić information content (AvgIpc) is 2.72. The summed E-state index contributed by atoms with van der Waals surface area (Å²) in [5, 5.41) is 19.5. The summed E-state index contributed by atoms with van der Waals surface area (Å²) in [6.45, 7) is 3.60. The zero-order chi connectivity index (χ0) is 19.9. The Morgan fingerprint density at radius 3 is 2.11 bits per heavy atom. The Morgan fingerprint density at radius 1 is 1.07 bits per heavy atom. The van der Waals surface area contributed by atoms with Gasteiger partial charge in [-0.05, 0) is 36.4 Å². The second-order valence-corrected chi connectivity index (χ2v) is 6.45. The molecule has 1 unspecified atom stereocenters. The fourth-order valence-corrected chi connectivity index (χ4v) is 3.14. The summed E-state index contributed by atoms with van der Waals surface area (Å²) in [5.41, 5.74) is 2.25. The molecule has 0 amide bonds. The Morgan fingerprint density at radius 2 is 1.61 bits per heavy atom. The van der Waals surface area contributed by atoms with E-state index < -0.39 is 16.9 Å². The molecule has 1 fully saturated rings. The molecule has 28 heavy (non-hydrogen) atoms. The van der Waals surface area contributed by atoms with E-state index in [0.717, 1.165) is 31.9 Å². The van der Waals surface area contributed by atoms with Crippen LogP contribution in [0.4, 0.5) is 11.4 Å². The van der Waals surface area contributed by atoms with Crippen molar-refractivity contribution in [2.24, 2.45) is 0 Å². The molecule has 1 aromatic carbocycles. The quantitative estimate of drug-likeness (QED) is 0.541. The summed E-state index contributed by atoms with van der Waals surface area (Å²) in [6.07, 6.45) is 3.41. The summed E-state index contributed by atoms with van der Waals surface area (Å²) in [4.78, 5) is 29.3. The molecule has 0 saturated carbocycles. The smallest absolute Gasteiger partial charge is 0.379 e. The highest BCUT2D eigenvalue weighted by atomic mass is 16.6. The topological polar surface area (TPSA) is 109 Å². The first-order valence-electron chi connectivity index (χ1n) is 9.03. The lowest BCUT2D eigenvalue weighted by molar-refractivity contribution is -0.511. The van der Waals surface area contributed by atoms with Gasteiger partial charge in [-0.15, -0.1) is 0 Å². The number of aliphatic carboxylic acids is 1. The lowest BCUT2D eigenvalue weighted by atomic mass is 10.2.